The normalized spacial score (nSPS) is 17.3. The highest BCUT2D eigenvalue weighted by atomic mass is 16.6. The van der Waals surface area contributed by atoms with Crippen LogP contribution in [0.3, 0.4) is 0 Å². The summed E-state index contributed by atoms with van der Waals surface area (Å²) in [5.74, 6) is 0. The van der Waals surface area contributed by atoms with Crippen LogP contribution in [0, 0.1) is 17.0 Å². The largest absolute Gasteiger partial charge is 0.383 e. The summed E-state index contributed by atoms with van der Waals surface area (Å²) in [6.07, 6.45) is 3.29. The summed E-state index contributed by atoms with van der Waals surface area (Å²) >= 11 is 0. The number of nitro groups is 1. The van der Waals surface area contributed by atoms with Gasteiger partial charge in [0.15, 0.2) is 0 Å². The lowest BCUT2D eigenvalue weighted by molar-refractivity contribution is -0.384. The van der Waals surface area contributed by atoms with E-state index in [0.29, 0.717) is 0 Å². The molecule has 0 unspecified atom stereocenters. The van der Waals surface area contributed by atoms with Crippen LogP contribution >= 0.6 is 0 Å². The fraction of sp³-hybridized carbons (Fsp3) is 0.500. The quantitative estimate of drug-likeness (QED) is 0.619. The molecule has 0 spiro atoms. The van der Waals surface area contributed by atoms with Crippen LogP contribution in [0.5, 0.6) is 0 Å². The number of benzene rings is 1. The van der Waals surface area contributed by atoms with Crippen molar-refractivity contribution < 1.29 is 4.92 Å². The zero-order valence-corrected chi connectivity index (χ0v) is 9.90. The highest BCUT2D eigenvalue weighted by Gasteiger charge is 2.32. The molecule has 0 radical (unpaired) electrons. The minimum Gasteiger partial charge on any atom is -0.383 e. The summed E-state index contributed by atoms with van der Waals surface area (Å²) in [7, 11) is 0. The van der Waals surface area contributed by atoms with Gasteiger partial charge in [-0.15, -0.1) is 0 Å². The van der Waals surface area contributed by atoms with E-state index in [2.05, 4.69) is 5.32 Å². The van der Waals surface area contributed by atoms with Crippen LogP contribution in [0.25, 0.3) is 0 Å². The number of rotatable bonds is 4. The third-order valence-corrected chi connectivity index (χ3v) is 3.40. The Kier molecular flexibility index (Phi) is 3.02. The Balaban J connectivity index is 2.03. The number of nitro benzene ring substituents is 1. The van der Waals surface area contributed by atoms with Gasteiger partial charge in [0.1, 0.15) is 0 Å². The van der Waals surface area contributed by atoms with E-state index in [1.54, 1.807) is 12.1 Å². The van der Waals surface area contributed by atoms with Crippen molar-refractivity contribution in [3.8, 4) is 0 Å². The van der Waals surface area contributed by atoms with Crippen molar-refractivity contribution in [1.82, 2.24) is 0 Å². The molecule has 1 fully saturated rings. The second-order valence-corrected chi connectivity index (χ2v) is 4.83. The first-order valence-electron chi connectivity index (χ1n) is 5.78. The van der Waals surface area contributed by atoms with E-state index < -0.39 is 0 Å². The molecule has 17 heavy (non-hydrogen) atoms. The van der Waals surface area contributed by atoms with Gasteiger partial charge < -0.3 is 11.1 Å². The molecular weight excluding hydrogens is 218 g/mol. The van der Waals surface area contributed by atoms with Crippen LogP contribution in [0.4, 0.5) is 11.4 Å². The van der Waals surface area contributed by atoms with E-state index in [0.717, 1.165) is 30.6 Å². The maximum Gasteiger partial charge on any atom is 0.269 e. The van der Waals surface area contributed by atoms with Crippen molar-refractivity contribution in [1.29, 1.82) is 0 Å². The summed E-state index contributed by atoms with van der Waals surface area (Å²) in [4.78, 5) is 10.2. The first kappa shape index (κ1) is 11.9. The van der Waals surface area contributed by atoms with Crippen molar-refractivity contribution in [2.75, 3.05) is 11.9 Å². The van der Waals surface area contributed by atoms with Gasteiger partial charge >= 0.3 is 0 Å². The number of anilines is 1. The van der Waals surface area contributed by atoms with E-state index in [9.17, 15) is 10.1 Å². The average molecular weight is 235 g/mol. The second kappa shape index (κ2) is 4.33. The highest BCUT2D eigenvalue weighted by Crippen LogP contribution is 2.30. The molecular formula is C12H17N3O2. The molecule has 3 N–H and O–H groups in total. The van der Waals surface area contributed by atoms with Crippen LogP contribution < -0.4 is 11.1 Å². The van der Waals surface area contributed by atoms with Crippen molar-refractivity contribution in [2.24, 2.45) is 5.73 Å². The molecule has 1 saturated carbocycles. The summed E-state index contributed by atoms with van der Waals surface area (Å²) in [5.41, 5.74) is 7.94. The SMILES string of the molecule is Cc1cc([N+](=O)[O-])ccc1NCC1(N)CCC1. The predicted molar refractivity (Wildman–Crippen MR) is 67.1 cm³/mol. The highest BCUT2D eigenvalue weighted by molar-refractivity contribution is 5.55. The topological polar surface area (TPSA) is 81.2 Å². The van der Waals surface area contributed by atoms with Gasteiger partial charge in [-0.2, -0.15) is 0 Å². The third kappa shape index (κ3) is 2.55. The summed E-state index contributed by atoms with van der Waals surface area (Å²) in [6.45, 7) is 2.59. The fourth-order valence-electron chi connectivity index (χ4n) is 2.04. The second-order valence-electron chi connectivity index (χ2n) is 4.83. The third-order valence-electron chi connectivity index (χ3n) is 3.40. The van der Waals surface area contributed by atoms with Gasteiger partial charge in [0.25, 0.3) is 5.69 Å². The Bertz CT molecular complexity index is 441. The lowest BCUT2D eigenvalue weighted by Crippen LogP contribution is -2.52. The molecule has 0 atom stereocenters. The smallest absolute Gasteiger partial charge is 0.269 e. The van der Waals surface area contributed by atoms with Crippen molar-refractivity contribution in [3.63, 3.8) is 0 Å². The average Bonchev–Trinajstić information content (AvgIpc) is 2.24. The molecule has 0 aliphatic heterocycles. The van der Waals surface area contributed by atoms with Crippen LogP contribution in [0.15, 0.2) is 18.2 Å². The van der Waals surface area contributed by atoms with Crippen LogP contribution in [-0.2, 0) is 0 Å². The first-order chi connectivity index (χ1) is 8.00. The molecule has 5 nitrogen and oxygen atoms in total. The minimum absolute atomic E-state index is 0.0891. The molecule has 1 aliphatic carbocycles. The van der Waals surface area contributed by atoms with Crippen LogP contribution in [0.1, 0.15) is 24.8 Å². The molecule has 0 saturated heterocycles. The summed E-state index contributed by atoms with van der Waals surface area (Å²) in [5, 5.41) is 13.9. The van der Waals surface area contributed by atoms with Gasteiger partial charge in [-0.25, -0.2) is 0 Å². The number of hydrogen-bond acceptors (Lipinski definition) is 4. The van der Waals surface area contributed by atoms with E-state index in [4.69, 9.17) is 5.73 Å². The summed E-state index contributed by atoms with van der Waals surface area (Å²) < 4.78 is 0. The molecule has 92 valence electrons. The fourth-order valence-corrected chi connectivity index (χ4v) is 2.04. The molecule has 5 heteroatoms. The van der Waals surface area contributed by atoms with Gasteiger partial charge in [0, 0.05) is 29.9 Å². The van der Waals surface area contributed by atoms with Gasteiger partial charge in [-0.1, -0.05) is 0 Å². The lowest BCUT2D eigenvalue weighted by atomic mass is 9.78. The van der Waals surface area contributed by atoms with Crippen LogP contribution in [-0.4, -0.2) is 17.0 Å². The van der Waals surface area contributed by atoms with Gasteiger partial charge in [0.2, 0.25) is 0 Å². The molecule has 0 bridgehead atoms. The van der Waals surface area contributed by atoms with Crippen molar-refractivity contribution in [2.45, 2.75) is 31.7 Å². The number of nitrogens with one attached hydrogen (secondary N) is 1. The molecule has 0 heterocycles. The Hall–Kier alpha value is -1.62. The maximum atomic E-state index is 10.6. The molecule has 1 aromatic rings. The number of nitrogens with zero attached hydrogens (tertiary/aromatic N) is 1. The van der Waals surface area contributed by atoms with Crippen LogP contribution in [0.2, 0.25) is 0 Å². The maximum absolute atomic E-state index is 10.6. The number of hydrogen-bond donors (Lipinski definition) is 2. The molecule has 2 rings (SSSR count). The van der Waals surface area contributed by atoms with E-state index in [-0.39, 0.29) is 16.1 Å². The van der Waals surface area contributed by atoms with Gasteiger partial charge in [-0.3, -0.25) is 10.1 Å². The van der Waals surface area contributed by atoms with E-state index in [1.807, 2.05) is 6.92 Å². The monoisotopic (exact) mass is 235 g/mol. The Morgan fingerprint density at radius 2 is 2.24 bits per heavy atom. The van der Waals surface area contributed by atoms with Crippen molar-refractivity contribution in [3.05, 3.63) is 33.9 Å². The summed E-state index contributed by atoms with van der Waals surface area (Å²) in [6, 6.07) is 4.83. The van der Waals surface area contributed by atoms with Gasteiger partial charge in [0.05, 0.1) is 4.92 Å². The Labute approximate surface area is 100 Å². The lowest BCUT2D eigenvalue weighted by Gasteiger charge is -2.38. The number of nitrogens with two attached hydrogens (primary N) is 1. The predicted octanol–water partition coefficient (Wildman–Crippen LogP) is 2.20. The zero-order chi connectivity index (χ0) is 12.5. The molecule has 1 aromatic carbocycles. The van der Waals surface area contributed by atoms with Crippen molar-refractivity contribution >= 4 is 11.4 Å². The first-order valence-corrected chi connectivity index (χ1v) is 5.78. The standard InChI is InChI=1S/C12H17N3O2/c1-9-7-10(15(16)17)3-4-11(9)14-8-12(13)5-2-6-12/h3-4,7,14H,2,5-6,8,13H2,1H3. The number of aryl methyl sites for hydroxylation is 1. The molecule has 1 aliphatic rings. The van der Waals surface area contributed by atoms with Gasteiger partial charge in [-0.05, 0) is 37.8 Å². The molecule has 0 amide bonds. The Morgan fingerprint density at radius 3 is 2.71 bits per heavy atom. The zero-order valence-electron chi connectivity index (χ0n) is 9.90. The molecule has 0 aromatic heterocycles. The van der Waals surface area contributed by atoms with E-state index in [1.165, 1.54) is 12.5 Å². The Morgan fingerprint density at radius 1 is 1.53 bits per heavy atom. The minimum atomic E-state index is -0.382. The number of non-ortho nitro benzene ring substituents is 1. The van der Waals surface area contributed by atoms with E-state index >= 15 is 0 Å².